The molecule has 26 heavy (non-hydrogen) atoms. The lowest BCUT2D eigenvalue weighted by Gasteiger charge is -2.46. The number of halogens is 3. The van der Waals surface area contributed by atoms with Gasteiger partial charge in [-0.25, -0.2) is 0 Å². The fourth-order valence-electron chi connectivity index (χ4n) is 2.77. The van der Waals surface area contributed by atoms with Crippen LogP contribution in [0.5, 0.6) is 0 Å². The van der Waals surface area contributed by atoms with Crippen molar-refractivity contribution in [2.75, 3.05) is 13.1 Å². The molecule has 0 aromatic carbocycles. The minimum atomic E-state index is -4.38. The summed E-state index contributed by atoms with van der Waals surface area (Å²) in [5.74, 6) is -2.69. The Kier molecular flexibility index (Phi) is 7.02. The van der Waals surface area contributed by atoms with Crippen LogP contribution in [0.4, 0.5) is 13.2 Å². The van der Waals surface area contributed by atoms with Crippen LogP contribution in [0.2, 0.25) is 18.1 Å². The lowest BCUT2D eigenvalue weighted by Crippen LogP contribution is -2.58. The molecule has 0 unspecified atom stereocenters. The number of carbonyl (C=O) groups is 1. The van der Waals surface area contributed by atoms with Gasteiger partial charge in [-0.2, -0.15) is 13.2 Å². The number of nitrogens with one attached hydrogen (secondary N) is 1. The summed E-state index contributed by atoms with van der Waals surface area (Å²) >= 11 is 0. The molecule has 1 saturated heterocycles. The molecule has 0 spiro atoms. The molecule has 8 heteroatoms. The number of ether oxygens (including phenoxy) is 1. The highest BCUT2D eigenvalue weighted by atomic mass is 28.4. The summed E-state index contributed by atoms with van der Waals surface area (Å²) < 4.78 is 52.4. The molecular weight excluding hydrogens is 363 g/mol. The topological polar surface area (TPSA) is 47.6 Å². The summed E-state index contributed by atoms with van der Waals surface area (Å²) in [7, 11) is -2.43. The van der Waals surface area contributed by atoms with E-state index < -0.39 is 44.0 Å². The highest BCUT2D eigenvalue weighted by Crippen LogP contribution is 2.43. The first kappa shape index (κ1) is 23.4. The standard InChI is InChI=1S/C18H34F3NO3Si/c1-16(2,3)24-14(23)9-12-10-22-11-13(18(19,20)21)15(12)25-26(7,8)17(4,5)6/h12-13,15,22H,9-11H2,1-8H3/t12-,13+,15+/m1/s1. The maximum Gasteiger partial charge on any atom is 0.395 e. The van der Waals surface area contributed by atoms with Crippen LogP contribution in [-0.4, -0.2) is 45.3 Å². The van der Waals surface area contributed by atoms with Crippen LogP contribution in [0.15, 0.2) is 0 Å². The Bertz CT molecular complexity index is 495. The normalized spacial score (nSPS) is 25.9. The Morgan fingerprint density at radius 2 is 1.62 bits per heavy atom. The van der Waals surface area contributed by atoms with E-state index in [1.54, 1.807) is 20.8 Å². The van der Waals surface area contributed by atoms with Gasteiger partial charge < -0.3 is 14.5 Å². The molecule has 0 aromatic heterocycles. The molecule has 0 radical (unpaired) electrons. The van der Waals surface area contributed by atoms with Crippen LogP contribution < -0.4 is 5.32 Å². The third-order valence-electron chi connectivity index (χ3n) is 5.14. The Labute approximate surface area is 156 Å². The van der Waals surface area contributed by atoms with E-state index in [1.807, 2.05) is 33.9 Å². The molecule has 0 amide bonds. The predicted octanol–water partition coefficient (Wildman–Crippen LogP) is 4.51. The predicted molar refractivity (Wildman–Crippen MR) is 98.4 cm³/mol. The molecule has 4 nitrogen and oxygen atoms in total. The zero-order valence-corrected chi connectivity index (χ0v) is 18.2. The van der Waals surface area contributed by atoms with Gasteiger partial charge in [-0.1, -0.05) is 20.8 Å². The maximum absolute atomic E-state index is 13.6. The minimum Gasteiger partial charge on any atom is -0.460 e. The number of rotatable bonds is 4. The van der Waals surface area contributed by atoms with Gasteiger partial charge >= 0.3 is 12.1 Å². The minimum absolute atomic E-state index is 0.0872. The highest BCUT2D eigenvalue weighted by molar-refractivity contribution is 6.74. The summed E-state index contributed by atoms with van der Waals surface area (Å²) in [6.07, 6.45) is -5.51. The Morgan fingerprint density at radius 3 is 2.04 bits per heavy atom. The third-order valence-corrected chi connectivity index (χ3v) is 9.61. The SMILES string of the molecule is CC(C)(C)OC(=O)C[C@@H]1CNC[C@H](C(F)(F)F)[C@H]1O[Si](C)(C)C(C)(C)C. The molecule has 1 aliphatic heterocycles. The van der Waals surface area contributed by atoms with Crippen LogP contribution in [0.1, 0.15) is 48.0 Å². The fraction of sp³-hybridized carbons (Fsp3) is 0.944. The summed E-state index contributed by atoms with van der Waals surface area (Å²) in [6.45, 7) is 15.2. The molecule has 1 aliphatic rings. The number of hydrogen-bond acceptors (Lipinski definition) is 4. The van der Waals surface area contributed by atoms with Gasteiger partial charge in [0.05, 0.1) is 18.4 Å². The molecule has 3 atom stereocenters. The van der Waals surface area contributed by atoms with E-state index in [4.69, 9.17) is 9.16 Å². The molecule has 0 aromatic rings. The summed E-state index contributed by atoms with van der Waals surface area (Å²) in [4.78, 5) is 12.2. The monoisotopic (exact) mass is 397 g/mol. The lowest BCUT2D eigenvalue weighted by molar-refractivity contribution is -0.210. The van der Waals surface area contributed by atoms with E-state index in [1.165, 1.54) is 0 Å². The van der Waals surface area contributed by atoms with Crippen molar-refractivity contribution in [3.05, 3.63) is 0 Å². The smallest absolute Gasteiger partial charge is 0.395 e. The fourth-order valence-corrected chi connectivity index (χ4v) is 4.16. The van der Waals surface area contributed by atoms with Gasteiger partial charge in [0, 0.05) is 19.0 Å². The maximum atomic E-state index is 13.6. The highest BCUT2D eigenvalue weighted by Gasteiger charge is 2.53. The molecule has 0 bridgehead atoms. The van der Waals surface area contributed by atoms with Crippen molar-refractivity contribution < 1.29 is 27.1 Å². The average molecular weight is 398 g/mol. The quantitative estimate of drug-likeness (QED) is 0.560. The van der Waals surface area contributed by atoms with Gasteiger partial charge in [0.25, 0.3) is 0 Å². The molecule has 1 N–H and O–H groups in total. The van der Waals surface area contributed by atoms with Crippen LogP contribution >= 0.6 is 0 Å². The Balaban J connectivity index is 3.07. The summed E-state index contributed by atoms with van der Waals surface area (Å²) in [5.41, 5.74) is -0.668. The second kappa shape index (κ2) is 7.79. The lowest BCUT2D eigenvalue weighted by atomic mass is 9.84. The largest absolute Gasteiger partial charge is 0.460 e. The van der Waals surface area contributed by atoms with Crippen LogP contribution in [0.3, 0.4) is 0 Å². The van der Waals surface area contributed by atoms with E-state index in [0.29, 0.717) is 6.54 Å². The molecule has 1 fully saturated rings. The van der Waals surface area contributed by atoms with Crippen molar-refractivity contribution in [3.63, 3.8) is 0 Å². The molecule has 1 rings (SSSR count). The van der Waals surface area contributed by atoms with Gasteiger partial charge in [0.1, 0.15) is 5.60 Å². The molecule has 1 heterocycles. The van der Waals surface area contributed by atoms with Crippen molar-refractivity contribution >= 4 is 14.3 Å². The number of carbonyl (C=O) groups excluding carboxylic acids is 1. The zero-order valence-electron chi connectivity index (χ0n) is 17.2. The number of piperidine rings is 1. The van der Waals surface area contributed by atoms with E-state index in [-0.39, 0.29) is 18.0 Å². The van der Waals surface area contributed by atoms with Crippen molar-refractivity contribution in [2.45, 2.75) is 84.0 Å². The number of esters is 1. The van der Waals surface area contributed by atoms with Crippen LogP contribution in [0.25, 0.3) is 0 Å². The molecule has 154 valence electrons. The van der Waals surface area contributed by atoms with Gasteiger partial charge in [0.15, 0.2) is 8.32 Å². The number of hydrogen-bond donors (Lipinski definition) is 1. The van der Waals surface area contributed by atoms with E-state index >= 15 is 0 Å². The first-order valence-electron chi connectivity index (χ1n) is 9.11. The van der Waals surface area contributed by atoms with Crippen LogP contribution in [0, 0.1) is 11.8 Å². The molecule has 0 aliphatic carbocycles. The van der Waals surface area contributed by atoms with Gasteiger partial charge in [-0.3, -0.25) is 4.79 Å². The van der Waals surface area contributed by atoms with Gasteiger partial charge in [0.2, 0.25) is 0 Å². The Hall–Kier alpha value is -0.603. The van der Waals surface area contributed by atoms with Crippen molar-refractivity contribution in [2.24, 2.45) is 11.8 Å². The van der Waals surface area contributed by atoms with Crippen molar-refractivity contribution in [1.82, 2.24) is 5.32 Å². The molecule has 0 saturated carbocycles. The summed E-state index contributed by atoms with van der Waals surface area (Å²) in [5, 5.41) is 2.60. The van der Waals surface area contributed by atoms with Gasteiger partial charge in [-0.05, 0) is 38.9 Å². The number of alkyl halides is 3. The first-order chi connectivity index (χ1) is 11.4. The van der Waals surface area contributed by atoms with E-state index in [9.17, 15) is 18.0 Å². The van der Waals surface area contributed by atoms with E-state index in [2.05, 4.69) is 5.32 Å². The zero-order chi connectivity index (χ0) is 20.6. The third kappa shape index (κ3) is 6.53. The Morgan fingerprint density at radius 1 is 1.08 bits per heavy atom. The molecular formula is C18H34F3NO3Si. The average Bonchev–Trinajstić information content (AvgIpc) is 2.35. The van der Waals surface area contributed by atoms with Gasteiger partial charge in [-0.15, -0.1) is 0 Å². The van der Waals surface area contributed by atoms with Crippen molar-refractivity contribution in [1.29, 1.82) is 0 Å². The summed E-state index contributed by atoms with van der Waals surface area (Å²) in [6, 6.07) is 0. The second-order valence-corrected chi connectivity index (χ2v) is 14.5. The van der Waals surface area contributed by atoms with Crippen LogP contribution in [-0.2, 0) is 14.0 Å². The van der Waals surface area contributed by atoms with Crippen molar-refractivity contribution in [3.8, 4) is 0 Å². The van der Waals surface area contributed by atoms with E-state index in [0.717, 1.165) is 0 Å². The second-order valence-electron chi connectivity index (χ2n) is 9.70. The first-order valence-corrected chi connectivity index (χ1v) is 12.0.